The number of methoxy groups -OCH3 is 1. The fourth-order valence-electron chi connectivity index (χ4n) is 3.09. The number of benzene rings is 1. The third-order valence-corrected chi connectivity index (χ3v) is 4.33. The minimum Gasteiger partial charge on any atom is -0.494 e. The van der Waals surface area contributed by atoms with E-state index in [0.29, 0.717) is 6.04 Å². The molecule has 1 aliphatic heterocycles. The molecule has 1 aromatic heterocycles. The van der Waals surface area contributed by atoms with E-state index in [-0.39, 0.29) is 0 Å². The fourth-order valence-corrected chi connectivity index (χ4v) is 3.09. The molecule has 2 heterocycles. The maximum absolute atomic E-state index is 5.52. The van der Waals surface area contributed by atoms with Crippen LogP contribution in [0.15, 0.2) is 30.5 Å². The predicted octanol–water partition coefficient (Wildman–Crippen LogP) is 3.79. The van der Waals surface area contributed by atoms with Gasteiger partial charge in [-0.05, 0) is 56.6 Å². The maximum atomic E-state index is 5.52. The van der Waals surface area contributed by atoms with Crippen molar-refractivity contribution in [2.45, 2.75) is 32.2 Å². The SMILES string of the molecule is COc1cc(C(C)N2CCCCC2)cc2cccnc12. The molecular weight excluding hydrogens is 248 g/mol. The normalized spacial score (nSPS) is 18.1. The molecule has 3 nitrogen and oxygen atoms in total. The molecule has 0 bridgehead atoms. The standard InChI is InChI=1S/C17H22N2O/c1-13(19-9-4-3-5-10-19)15-11-14-7-6-8-18-17(14)16(12-15)20-2/h6-8,11-13H,3-5,9-10H2,1-2H3. The summed E-state index contributed by atoms with van der Waals surface area (Å²) < 4.78 is 5.52. The minimum atomic E-state index is 0.439. The van der Waals surface area contributed by atoms with Crippen LogP contribution in [-0.4, -0.2) is 30.1 Å². The zero-order chi connectivity index (χ0) is 13.9. The zero-order valence-corrected chi connectivity index (χ0v) is 12.3. The van der Waals surface area contributed by atoms with Crippen molar-refractivity contribution in [1.29, 1.82) is 0 Å². The lowest BCUT2D eigenvalue weighted by Crippen LogP contribution is -2.32. The van der Waals surface area contributed by atoms with Crippen LogP contribution in [0.1, 0.15) is 37.8 Å². The molecule has 1 aliphatic rings. The van der Waals surface area contributed by atoms with Gasteiger partial charge in [-0.3, -0.25) is 9.88 Å². The number of aromatic nitrogens is 1. The molecule has 106 valence electrons. The van der Waals surface area contributed by atoms with Crippen LogP contribution in [0.25, 0.3) is 10.9 Å². The number of pyridine rings is 1. The summed E-state index contributed by atoms with van der Waals surface area (Å²) in [5.41, 5.74) is 2.27. The summed E-state index contributed by atoms with van der Waals surface area (Å²) in [5.74, 6) is 0.877. The van der Waals surface area contributed by atoms with Crippen LogP contribution in [0.5, 0.6) is 5.75 Å². The van der Waals surface area contributed by atoms with Gasteiger partial charge in [0.05, 0.1) is 7.11 Å². The highest BCUT2D eigenvalue weighted by Gasteiger charge is 2.19. The molecular formula is C17H22N2O. The highest BCUT2D eigenvalue weighted by atomic mass is 16.5. The summed E-state index contributed by atoms with van der Waals surface area (Å²) in [6.45, 7) is 4.70. The van der Waals surface area contributed by atoms with E-state index >= 15 is 0 Å². The van der Waals surface area contributed by atoms with E-state index in [2.05, 4.69) is 35.0 Å². The zero-order valence-electron chi connectivity index (χ0n) is 12.3. The third-order valence-electron chi connectivity index (χ3n) is 4.33. The summed E-state index contributed by atoms with van der Waals surface area (Å²) in [6, 6.07) is 8.93. The highest BCUT2D eigenvalue weighted by Crippen LogP contribution is 2.31. The van der Waals surface area contributed by atoms with E-state index in [4.69, 9.17) is 4.74 Å². The van der Waals surface area contributed by atoms with Gasteiger partial charge in [-0.1, -0.05) is 12.5 Å². The Balaban J connectivity index is 1.98. The molecule has 1 atom stereocenters. The van der Waals surface area contributed by atoms with Gasteiger partial charge in [-0.2, -0.15) is 0 Å². The molecule has 1 unspecified atom stereocenters. The smallest absolute Gasteiger partial charge is 0.145 e. The quantitative estimate of drug-likeness (QED) is 0.848. The first-order valence-corrected chi connectivity index (χ1v) is 7.46. The van der Waals surface area contributed by atoms with Crippen LogP contribution in [0.2, 0.25) is 0 Å². The molecule has 3 rings (SSSR count). The van der Waals surface area contributed by atoms with E-state index in [0.717, 1.165) is 16.7 Å². The van der Waals surface area contributed by atoms with E-state index < -0.39 is 0 Å². The second-order valence-electron chi connectivity index (χ2n) is 5.57. The average Bonchev–Trinajstić information content (AvgIpc) is 2.54. The first-order chi connectivity index (χ1) is 9.79. The van der Waals surface area contributed by atoms with Crippen LogP contribution in [0.4, 0.5) is 0 Å². The van der Waals surface area contributed by atoms with E-state index in [9.17, 15) is 0 Å². The second kappa shape index (κ2) is 5.80. The number of nitrogens with zero attached hydrogens (tertiary/aromatic N) is 2. The minimum absolute atomic E-state index is 0.439. The number of fused-ring (bicyclic) bond motifs is 1. The number of piperidine rings is 1. The van der Waals surface area contributed by atoms with Crippen molar-refractivity contribution >= 4 is 10.9 Å². The summed E-state index contributed by atoms with van der Waals surface area (Å²) in [4.78, 5) is 7.00. The highest BCUT2D eigenvalue weighted by molar-refractivity contribution is 5.85. The number of ether oxygens (including phenoxy) is 1. The van der Waals surface area contributed by atoms with Crippen molar-refractivity contribution in [3.8, 4) is 5.75 Å². The molecule has 0 N–H and O–H groups in total. The number of rotatable bonds is 3. The van der Waals surface area contributed by atoms with Gasteiger partial charge in [-0.25, -0.2) is 0 Å². The lowest BCUT2D eigenvalue weighted by atomic mass is 10.0. The monoisotopic (exact) mass is 270 g/mol. The molecule has 0 saturated carbocycles. The topological polar surface area (TPSA) is 25.4 Å². The van der Waals surface area contributed by atoms with Crippen molar-refractivity contribution in [3.63, 3.8) is 0 Å². The van der Waals surface area contributed by atoms with Gasteiger partial charge in [0.25, 0.3) is 0 Å². The molecule has 3 heteroatoms. The second-order valence-corrected chi connectivity index (χ2v) is 5.57. The number of hydrogen-bond acceptors (Lipinski definition) is 3. The molecule has 1 aromatic carbocycles. The molecule has 2 aromatic rings. The Labute approximate surface area is 120 Å². The third kappa shape index (κ3) is 2.50. The molecule has 1 saturated heterocycles. The van der Waals surface area contributed by atoms with Gasteiger partial charge in [0.1, 0.15) is 11.3 Å². The molecule has 0 radical (unpaired) electrons. The Morgan fingerprint density at radius 1 is 1.20 bits per heavy atom. The Morgan fingerprint density at radius 3 is 2.75 bits per heavy atom. The molecule has 1 fully saturated rings. The molecule has 0 amide bonds. The van der Waals surface area contributed by atoms with Crippen LogP contribution >= 0.6 is 0 Å². The fraction of sp³-hybridized carbons (Fsp3) is 0.471. The average molecular weight is 270 g/mol. The summed E-state index contributed by atoms with van der Waals surface area (Å²) >= 11 is 0. The van der Waals surface area contributed by atoms with Gasteiger partial charge < -0.3 is 4.74 Å². The first kappa shape index (κ1) is 13.4. The Kier molecular flexibility index (Phi) is 3.88. The largest absolute Gasteiger partial charge is 0.494 e. The number of hydrogen-bond donors (Lipinski definition) is 0. The lowest BCUT2D eigenvalue weighted by Gasteiger charge is -2.32. The molecule has 0 spiro atoms. The van der Waals surface area contributed by atoms with Crippen molar-refractivity contribution in [2.75, 3.05) is 20.2 Å². The van der Waals surface area contributed by atoms with Crippen LogP contribution < -0.4 is 4.74 Å². The van der Waals surface area contributed by atoms with Gasteiger partial charge >= 0.3 is 0 Å². The van der Waals surface area contributed by atoms with E-state index in [1.54, 1.807) is 7.11 Å². The van der Waals surface area contributed by atoms with Crippen molar-refractivity contribution in [2.24, 2.45) is 0 Å². The number of likely N-dealkylation sites (tertiary alicyclic amines) is 1. The Morgan fingerprint density at radius 2 is 2.00 bits per heavy atom. The van der Waals surface area contributed by atoms with E-state index in [1.165, 1.54) is 37.9 Å². The maximum Gasteiger partial charge on any atom is 0.145 e. The van der Waals surface area contributed by atoms with Gasteiger partial charge in [0.15, 0.2) is 0 Å². The van der Waals surface area contributed by atoms with Crippen LogP contribution in [0.3, 0.4) is 0 Å². The van der Waals surface area contributed by atoms with E-state index in [1.807, 2.05) is 12.3 Å². The van der Waals surface area contributed by atoms with Crippen molar-refractivity contribution in [1.82, 2.24) is 9.88 Å². The summed E-state index contributed by atoms with van der Waals surface area (Å²) in [7, 11) is 1.72. The Bertz CT molecular complexity index is 591. The summed E-state index contributed by atoms with van der Waals surface area (Å²) in [5, 5.41) is 1.16. The van der Waals surface area contributed by atoms with Gasteiger partial charge in [0, 0.05) is 17.6 Å². The van der Waals surface area contributed by atoms with Crippen molar-refractivity contribution < 1.29 is 4.74 Å². The first-order valence-electron chi connectivity index (χ1n) is 7.46. The molecule has 20 heavy (non-hydrogen) atoms. The van der Waals surface area contributed by atoms with Crippen LogP contribution in [0, 0.1) is 0 Å². The summed E-state index contributed by atoms with van der Waals surface area (Å²) in [6.07, 6.45) is 5.82. The predicted molar refractivity (Wildman–Crippen MR) is 82.1 cm³/mol. The van der Waals surface area contributed by atoms with Gasteiger partial charge in [-0.15, -0.1) is 0 Å². The van der Waals surface area contributed by atoms with Gasteiger partial charge in [0.2, 0.25) is 0 Å². The molecule has 0 aliphatic carbocycles. The lowest BCUT2D eigenvalue weighted by molar-refractivity contribution is 0.175. The Hall–Kier alpha value is -1.61. The van der Waals surface area contributed by atoms with Crippen LogP contribution in [-0.2, 0) is 0 Å². The van der Waals surface area contributed by atoms with Crippen molar-refractivity contribution in [3.05, 3.63) is 36.0 Å².